The molecule has 4 rings (SSSR count). The molecule has 2 aliphatic rings. The molecule has 1 aromatic heterocycles. The second kappa shape index (κ2) is 7.83. The summed E-state index contributed by atoms with van der Waals surface area (Å²) in [6, 6.07) is 10.1. The number of amides is 2. The maximum Gasteiger partial charge on any atom is 0.263 e. The minimum atomic E-state index is -3.87. The van der Waals surface area contributed by atoms with E-state index in [9.17, 15) is 18.0 Å². The van der Waals surface area contributed by atoms with Crippen LogP contribution in [0.15, 0.2) is 41.3 Å². The Hall–Kier alpha value is -2.74. The molecule has 0 unspecified atom stereocenters. The predicted octanol–water partition coefficient (Wildman–Crippen LogP) is 3.17. The number of nitrogens with zero attached hydrogens (tertiary/aromatic N) is 2. The minimum absolute atomic E-state index is 0.0934. The van der Waals surface area contributed by atoms with Gasteiger partial charge in [0, 0.05) is 5.69 Å². The fourth-order valence-corrected chi connectivity index (χ4v) is 5.69. The smallest absolute Gasteiger partial charge is 0.263 e. The summed E-state index contributed by atoms with van der Waals surface area (Å²) in [5.74, 6) is -0.440. The third kappa shape index (κ3) is 3.84. The molecule has 1 aromatic carbocycles. The molecule has 1 N–H and O–H groups in total. The zero-order valence-corrected chi connectivity index (χ0v) is 17.9. The number of fused-ring (bicyclic) bond motifs is 1. The molecule has 0 spiro atoms. The van der Waals surface area contributed by atoms with Crippen molar-refractivity contribution in [3.05, 3.63) is 53.2 Å². The molecule has 0 bridgehead atoms. The zero-order valence-electron chi connectivity index (χ0n) is 17.1. The Balaban J connectivity index is 1.59. The van der Waals surface area contributed by atoms with Gasteiger partial charge in [0.1, 0.15) is 5.82 Å². The Kier molecular flexibility index (Phi) is 5.36. The molecule has 1 aliphatic carbocycles. The monoisotopic (exact) mass is 427 g/mol. The van der Waals surface area contributed by atoms with Crippen LogP contribution < -0.4 is 4.72 Å². The molecule has 1 aliphatic heterocycles. The van der Waals surface area contributed by atoms with E-state index in [1.165, 1.54) is 11.0 Å². The van der Waals surface area contributed by atoms with E-state index in [1.807, 2.05) is 0 Å². The van der Waals surface area contributed by atoms with Crippen LogP contribution >= 0.6 is 0 Å². The number of rotatable bonds is 5. The van der Waals surface area contributed by atoms with Crippen LogP contribution in [0.3, 0.4) is 0 Å². The average molecular weight is 428 g/mol. The molecule has 158 valence electrons. The van der Waals surface area contributed by atoms with Gasteiger partial charge in [-0.05, 0) is 56.0 Å². The number of likely N-dealkylation sites (tertiary alicyclic amines) is 1. The molecule has 30 heavy (non-hydrogen) atoms. The number of hydrogen-bond acceptors (Lipinski definition) is 5. The number of carbonyl (C=O) groups excluding carboxylic acids is 2. The first-order valence-corrected chi connectivity index (χ1v) is 11.7. The van der Waals surface area contributed by atoms with E-state index < -0.39 is 10.0 Å². The van der Waals surface area contributed by atoms with Gasteiger partial charge in [0.05, 0.1) is 23.3 Å². The van der Waals surface area contributed by atoms with Gasteiger partial charge in [-0.2, -0.15) is 0 Å². The van der Waals surface area contributed by atoms with Gasteiger partial charge in [0.25, 0.3) is 10.0 Å². The Labute approximate surface area is 176 Å². The number of imide groups is 1. The predicted molar refractivity (Wildman–Crippen MR) is 112 cm³/mol. The molecule has 1 saturated carbocycles. The van der Waals surface area contributed by atoms with Gasteiger partial charge in [0.2, 0.25) is 11.8 Å². The number of carbonyl (C=O) groups is 2. The first kappa shape index (κ1) is 20.5. The maximum absolute atomic E-state index is 13.0. The number of aromatic nitrogens is 1. The number of nitrogens with one attached hydrogen (secondary N) is 1. The second-order valence-electron chi connectivity index (χ2n) is 8.13. The van der Waals surface area contributed by atoms with Gasteiger partial charge in [-0.25, -0.2) is 13.4 Å². The first-order chi connectivity index (χ1) is 14.3. The van der Waals surface area contributed by atoms with E-state index in [2.05, 4.69) is 9.71 Å². The van der Waals surface area contributed by atoms with Gasteiger partial charge in [-0.3, -0.25) is 19.2 Å². The van der Waals surface area contributed by atoms with E-state index in [4.69, 9.17) is 0 Å². The van der Waals surface area contributed by atoms with Crippen LogP contribution in [0.1, 0.15) is 42.5 Å². The van der Waals surface area contributed by atoms with Gasteiger partial charge in [0.15, 0.2) is 0 Å². The average Bonchev–Trinajstić information content (AvgIpc) is 2.94. The molecule has 0 radical (unpaired) electrons. The lowest BCUT2D eigenvalue weighted by molar-refractivity contribution is -0.140. The van der Waals surface area contributed by atoms with Crippen molar-refractivity contribution in [3.63, 3.8) is 0 Å². The van der Waals surface area contributed by atoms with Crippen molar-refractivity contribution in [2.75, 3.05) is 4.72 Å². The van der Waals surface area contributed by atoms with E-state index in [0.717, 1.165) is 25.7 Å². The summed E-state index contributed by atoms with van der Waals surface area (Å²) in [6.45, 7) is 3.59. The second-order valence-corrected chi connectivity index (χ2v) is 9.78. The topological polar surface area (TPSA) is 96.4 Å². The SMILES string of the molecule is Cc1cccc(NS(=O)(=O)c2cc(CN3C(=O)[C@H]4CCCC[C@@H]4C3=O)ccc2C)n1. The lowest BCUT2D eigenvalue weighted by Crippen LogP contribution is -2.30. The molecule has 1 saturated heterocycles. The highest BCUT2D eigenvalue weighted by Crippen LogP contribution is 2.38. The fourth-order valence-electron chi connectivity index (χ4n) is 4.39. The normalized spacial score (nSPS) is 21.6. The summed E-state index contributed by atoms with van der Waals surface area (Å²) in [4.78, 5) is 31.1. The van der Waals surface area contributed by atoms with Crippen LogP contribution in [0.25, 0.3) is 0 Å². The van der Waals surface area contributed by atoms with Gasteiger partial charge in [-0.1, -0.05) is 31.0 Å². The number of anilines is 1. The van der Waals surface area contributed by atoms with Gasteiger partial charge < -0.3 is 0 Å². The highest BCUT2D eigenvalue weighted by molar-refractivity contribution is 7.92. The molecular weight excluding hydrogens is 402 g/mol. The number of hydrogen-bond donors (Lipinski definition) is 1. The summed E-state index contributed by atoms with van der Waals surface area (Å²) in [6.07, 6.45) is 3.46. The first-order valence-electron chi connectivity index (χ1n) is 10.2. The summed E-state index contributed by atoms with van der Waals surface area (Å²) in [7, 11) is -3.87. The van der Waals surface area contributed by atoms with Crippen LogP contribution in [-0.4, -0.2) is 30.1 Å². The molecule has 2 amide bonds. The molecule has 2 aromatic rings. The van der Waals surface area contributed by atoms with Crippen LogP contribution in [0.5, 0.6) is 0 Å². The van der Waals surface area contributed by atoms with Crippen LogP contribution in [0.4, 0.5) is 5.82 Å². The maximum atomic E-state index is 13.0. The zero-order chi connectivity index (χ0) is 21.5. The lowest BCUT2D eigenvalue weighted by Gasteiger charge is -2.19. The van der Waals surface area contributed by atoms with E-state index >= 15 is 0 Å². The Morgan fingerprint density at radius 3 is 2.33 bits per heavy atom. The number of sulfonamides is 1. The van der Waals surface area contributed by atoms with Crippen molar-refractivity contribution < 1.29 is 18.0 Å². The van der Waals surface area contributed by atoms with Gasteiger partial charge >= 0.3 is 0 Å². The molecule has 2 fully saturated rings. The molecule has 7 nitrogen and oxygen atoms in total. The van der Waals surface area contributed by atoms with Crippen LogP contribution in [0, 0.1) is 25.7 Å². The van der Waals surface area contributed by atoms with Crippen molar-refractivity contribution in [1.29, 1.82) is 0 Å². The molecule has 2 heterocycles. The molecular formula is C22H25N3O4S. The number of benzene rings is 1. The quantitative estimate of drug-likeness (QED) is 0.740. The van der Waals surface area contributed by atoms with Crippen molar-refractivity contribution in [3.8, 4) is 0 Å². The third-order valence-electron chi connectivity index (χ3n) is 5.94. The highest BCUT2D eigenvalue weighted by Gasteiger charge is 2.47. The van der Waals surface area contributed by atoms with E-state index in [0.29, 0.717) is 16.8 Å². The standard InChI is InChI=1S/C22H25N3O4S/c1-14-10-11-16(13-25-21(26)17-7-3-4-8-18(17)22(25)27)12-19(14)30(28,29)24-20-9-5-6-15(2)23-20/h5-6,9-12,17-18H,3-4,7-8,13H2,1-2H3,(H,23,24)/t17-,18-/m0/s1. The van der Waals surface area contributed by atoms with Crippen molar-refractivity contribution >= 4 is 27.7 Å². The van der Waals surface area contributed by atoms with Crippen LogP contribution in [0.2, 0.25) is 0 Å². The largest absolute Gasteiger partial charge is 0.278 e. The minimum Gasteiger partial charge on any atom is -0.278 e. The van der Waals surface area contributed by atoms with E-state index in [1.54, 1.807) is 44.2 Å². The third-order valence-corrected chi connectivity index (χ3v) is 7.44. The summed E-state index contributed by atoms with van der Waals surface area (Å²) in [5, 5.41) is 0. The number of aryl methyl sites for hydroxylation is 2. The summed E-state index contributed by atoms with van der Waals surface area (Å²) >= 11 is 0. The van der Waals surface area contributed by atoms with Crippen molar-refractivity contribution in [2.24, 2.45) is 11.8 Å². The fraction of sp³-hybridized carbons (Fsp3) is 0.409. The Morgan fingerprint density at radius 2 is 1.70 bits per heavy atom. The highest BCUT2D eigenvalue weighted by atomic mass is 32.2. The number of pyridine rings is 1. The van der Waals surface area contributed by atoms with Crippen molar-refractivity contribution in [1.82, 2.24) is 9.88 Å². The molecule has 8 heteroatoms. The van der Waals surface area contributed by atoms with Crippen molar-refractivity contribution in [2.45, 2.75) is 51.0 Å². The van der Waals surface area contributed by atoms with Gasteiger partial charge in [-0.15, -0.1) is 0 Å². The lowest BCUT2D eigenvalue weighted by atomic mass is 9.81. The summed E-state index contributed by atoms with van der Waals surface area (Å²) in [5.41, 5.74) is 1.89. The van der Waals surface area contributed by atoms with Crippen LogP contribution in [-0.2, 0) is 26.2 Å². The Bertz CT molecular complexity index is 1090. The summed E-state index contributed by atoms with van der Waals surface area (Å²) < 4.78 is 28.4. The molecule has 2 atom stereocenters. The Morgan fingerprint density at radius 1 is 1.03 bits per heavy atom. The van der Waals surface area contributed by atoms with E-state index in [-0.39, 0.29) is 40.9 Å².